The summed E-state index contributed by atoms with van der Waals surface area (Å²) < 4.78 is 23.8. The molecule has 0 aliphatic heterocycles. The van der Waals surface area contributed by atoms with E-state index in [4.69, 9.17) is 5.14 Å². The van der Waals surface area contributed by atoms with E-state index in [0.29, 0.717) is 11.7 Å². The van der Waals surface area contributed by atoms with Gasteiger partial charge < -0.3 is 10.3 Å². The van der Waals surface area contributed by atoms with Gasteiger partial charge in [-0.3, -0.25) is 0 Å². The lowest BCUT2D eigenvalue weighted by molar-refractivity contribution is 0.590. The van der Waals surface area contributed by atoms with Crippen molar-refractivity contribution in [3.63, 3.8) is 0 Å². The van der Waals surface area contributed by atoms with E-state index in [9.17, 15) is 8.42 Å². The Balaban J connectivity index is 2.62. The first-order valence-corrected chi connectivity index (χ1v) is 13.8. The van der Waals surface area contributed by atoms with Crippen LogP contribution >= 0.6 is 11.8 Å². The quantitative estimate of drug-likeness (QED) is 0.213. The van der Waals surface area contributed by atoms with Crippen LogP contribution in [0.1, 0.15) is 66.7 Å². The minimum atomic E-state index is -3.73. The molecule has 180 valence electrons. The average Bonchev–Trinajstić information content (AvgIpc) is 3.19. The predicted molar refractivity (Wildman–Crippen MR) is 140 cm³/mol. The molecule has 4 N–H and O–H groups in total. The van der Waals surface area contributed by atoms with Gasteiger partial charge in [0.25, 0.3) is 0 Å². The van der Waals surface area contributed by atoms with Crippen molar-refractivity contribution in [2.24, 2.45) is 5.14 Å². The Bertz CT molecular complexity index is 890. The van der Waals surface area contributed by atoms with Gasteiger partial charge in [0.15, 0.2) is 5.37 Å². The molecular formula is C24H40N4O2S2. The Labute approximate surface area is 199 Å². The molecule has 0 aliphatic rings. The van der Waals surface area contributed by atoms with Gasteiger partial charge in [0, 0.05) is 23.9 Å². The van der Waals surface area contributed by atoms with Crippen molar-refractivity contribution in [3.8, 4) is 0 Å². The van der Waals surface area contributed by atoms with E-state index in [1.165, 1.54) is 22.3 Å². The van der Waals surface area contributed by atoms with Crippen molar-refractivity contribution >= 4 is 27.7 Å². The summed E-state index contributed by atoms with van der Waals surface area (Å²) in [5, 5.41) is 7.35. The zero-order valence-electron chi connectivity index (χ0n) is 20.1. The smallest absolute Gasteiger partial charge is 0.231 e. The Morgan fingerprint density at radius 3 is 2.38 bits per heavy atom. The Morgan fingerprint density at radius 1 is 1.09 bits per heavy atom. The molecule has 1 atom stereocenters. The summed E-state index contributed by atoms with van der Waals surface area (Å²) >= 11 is 1.54. The fourth-order valence-electron chi connectivity index (χ4n) is 2.88. The number of allylic oxidation sites excluding steroid dienone is 7. The van der Waals surface area contributed by atoms with Crippen LogP contribution in [0.25, 0.3) is 0 Å². The maximum absolute atomic E-state index is 11.9. The summed E-state index contributed by atoms with van der Waals surface area (Å²) in [6.45, 7) is 10.7. The zero-order valence-corrected chi connectivity index (χ0v) is 21.8. The highest BCUT2D eigenvalue weighted by molar-refractivity contribution is 8.00. The minimum Gasteiger partial charge on any atom is -0.337 e. The van der Waals surface area contributed by atoms with E-state index < -0.39 is 15.4 Å². The first-order chi connectivity index (χ1) is 15.1. The summed E-state index contributed by atoms with van der Waals surface area (Å²) in [7, 11) is -3.73. The van der Waals surface area contributed by atoms with Crippen molar-refractivity contribution in [1.29, 1.82) is 0 Å². The van der Waals surface area contributed by atoms with E-state index >= 15 is 0 Å². The molecule has 8 heteroatoms. The lowest BCUT2D eigenvalue weighted by Gasteiger charge is -2.15. The van der Waals surface area contributed by atoms with Crippen molar-refractivity contribution < 1.29 is 8.42 Å². The molecule has 1 heterocycles. The normalized spacial score (nSPS) is 13.6. The second kappa shape index (κ2) is 15.1. The van der Waals surface area contributed by atoms with Crippen molar-refractivity contribution in [2.45, 2.75) is 72.1 Å². The van der Waals surface area contributed by atoms with Gasteiger partial charge in [-0.1, -0.05) is 46.6 Å². The molecule has 1 aromatic rings. The number of nitrogens with two attached hydrogens (primary N) is 1. The molecule has 0 aliphatic carbocycles. The molecule has 0 spiro atoms. The molecule has 0 saturated carbocycles. The van der Waals surface area contributed by atoms with Crippen LogP contribution in [-0.2, 0) is 10.0 Å². The van der Waals surface area contributed by atoms with Crippen LogP contribution in [0.3, 0.4) is 0 Å². The summed E-state index contributed by atoms with van der Waals surface area (Å²) in [6.07, 6.45) is 17.4. The highest BCUT2D eigenvalue weighted by Gasteiger charge is 2.21. The van der Waals surface area contributed by atoms with E-state index in [1.807, 2.05) is 0 Å². The molecule has 1 rings (SSSR count). The third kappa shape index (κ3) is 13.6. The number of rotatable bonds is 15. The number of nitrogens with zero attached hydrogens (tertiary/aromatic N) is 1. The summed E-state index contributed by atoms with van der Waals surface area (Å²) in [5.41, 5.74) is 5.47. The molecule has 1 aromatic heterocycles. The molecule has 0 saturated heterocycles. The van der Waals surface area contributed by atoms with Crippen LogP contribution in [-0.4, -0.2) is 35.3 Å². The Hall–Kier alpha value is -1.77. The number of aromatic nitrogens is 2. The molecule has 0 aromatic carbocycles. The summed E-state index contributed by atoms with van der Waals surface area (Å²) in [5.74, 6) is 1.48. The number of aromatic amines is 1. The fraction of sp³-hybridized carbons (Fsp3) is 0.542. The SMILES string of the molecule is CC(C)=CCCC(C)=CCCC(=CCSCC(Nc1ncc[nH]1)S(N)(=O)=O)CC=C(C)C. The number of imidazole rings is 1. The fourth-order valence-corrected chi connectivity index (χ4v) is 4.99. The average molecular weight is 481 g/mol. The van der Waals surface area contributed by atoms with Crippen LogP contribution in [0.15, 0.2) is 59.0 Å². The van der Waals surface area contributed by atoms with Gasteiger partial charge in [0.1, 0.15) is 0 Å². The summed E-state index contributed by atoms with van der Waals surface area (Å²) in [6, 6.07) is 0. The van der Waals surface area contributed by atoms with E-state index in [0.717, 1.165) is 37.9 Å². The maximum atomic E-state index is 11.9. The van der Waals surface area contributed by atoms with Gasteiger partial charge >= 0.3 is 0 Å². The first-order valence-electron chi connectivity index (χ1n) is 11.0. The van der Waals surface area contributed by atoms with Crippen LogP contribution in [0, 0.1) is 0 Å². The van der Waals surface area contributed by atoms with E-state index in [1.54, 1.807) is 24.2 Å². The van der Waals surface area contributed by atoms with Crippen molar-refractivity contribution in [1.82, 2.24) is 9.97 Å². The van der Waals surface area contributed by atoms with Gasteiger partial charge in [-0.05, 0) is 66.7 Å². The second-order valence-corrected chi connectivity index (χ2v) is 11.3. The minimum absolute atomic E-state index is 0.343. The molecule has 0 radical (unpaired) electrons. The number of sulfonamides is 1. The standard InChI is InChI=1S/C24H40N4O2S2/c1-19(2)8-6-9-21(5)10-7-11-22(13-12-20(3)4)14-17-31-18-23(32(25,29)30)28-24-26-15-16-27-24/h8,10,12,14-16,23H,6-7,9,11,13,17-18H2,1-5H3,(H2,25,29,30)(H2,26,27,28). The highest BCUT2D eigenvalue weighted by atomic mass is 32.2. The Morgan fingerprint density at radius 2 is 1.78 bits per heavy atom. The van der Waals surface area contributed by atoms with Crippen LogP contribution in [0.4, 0.5) is 5.95 Å². The molecule has 1 unspecified atom stereocenters. The summed E-state index contributed by atoms with van der Waals surface area (Å²) in [4.78, 5) is 6.87. The van der Waals surface area contributed by atoms with Crippen molar-refractivity contribution in [3.05, 3.63) is 59.0 Å². The maximum Gasteiger partial charge on any atom is 0.231 e. The monoisotopic (exact) mass is 480 g/mol. The van der Waals surface area contributed by atoms with Gasteiger partial charge in [-0.25, -0.2) is 18.5 Å². The Kier molecular flexibility index (Phi) is 13.4. The molecule has 0 amide bonds. The third-order valence-electron chi connectivity index (χ3n) is 4.77. The highest BCUT2D eigenvalue weighted by Crippen LogP contribution is 2.18. The lowest BCUT2D eigenvalue weighted by Crippen LogP contribution is -2.37. The van der Waals surface area contributed by atoms with E-state index in [2.05, 4.69) is 74.2 Å². The number of hydrogen-bond donors (Lipinski definition) is 3. The van der Waals surface area contributed by atoms with Crippen LogP contribution < -0.4 is 10.5 Å². The van der Waals surface area contributed by atoms with Gasteiger partial charge in [-0.15, -0.1) is 0 Å². The van der Waals surface area contributed by atoms with Gasteiger partial charge in [0.05, 0.1) is 0 Å². The number of thioether (sulfide) groups is 1. The number of H-pyrrole nitrogens is 1. The third-order valence-corrected chi connectivity index (χ3v) is 7.03. The molecular weight excluding hydrogens is 440 g/mol. The first kappa shape index (κ1) is 28.3. The number of primary sulfonamides is 1. The molecule has 0 bridgehead atoms. The van der Waals surface area contributed by atoms with E-state index in [-0.39, 0.29) is 0 Å². The number of nitrogens with one attached hydrogen (secondary N) is 2. The van der Waals surface area contributed by atoms with Crippen LogP contribution in [0.5, 0.6) is 0 Å². The zero-order chi connectivity index (χ0) is 24.0. The number of anilines is 1. The van der Waals surface area contributed by atoms with Crippen molar-refractivity contribution in [2.75, 3.05) is 16.8 Å². The predicted octanol–water partition coefficient (Wildman–Crippen LogP) is 5.93. The van der Waals surface area contributed by atoms with Crippen LogP contribution in [0.2, 0.25) is 0 Å². The number of hydrogen-bond acceptors (Lipinski definition) is 5. The molecule has 0 fully saturated rings. The molecule has 6 nitrogen and oxygen atoms in total. The second-order valence-electron chi connectivity index (χ2n) is 8.45. The molecule has 32 heavy (non-hydrogen) atoms. The largest absolute Gasteiger partial charge is 0.337 e. The van der Waals surface area contributed by atoms with Gasteiger partial charge in [0.2, 0.25) is 16.0 Å². The topological polar surface area (TPSA) is 101 Å². The van der Waals surface area contributed by atoms with Gasteiger partial charge in [-0.2, -0.15) is 11.8 Å². The lowest BCUT2D eigenvalue weighted by atomic mass is 10.0.